The van der Waals surface area contributed by atoms with Crippen molar-refractivity contribution in [2.24, 2.45) is 0 Å². The number of nitrogens with one attached hydrogen (secondary N) is 1. The number of amides is 2. The second-order valence-corrected chi connectivity index (χ2v) is 1.96. The van der Waals surface area contributed by atoms with E-state index in [9.17, 15) is 9.59 Å². The summed E-state index contributed by atoms with van der Waals surface area (Å²) >= 11 is 0. The molecule has 0 aromatic heterocycles. The van der Waals surface area contributed by atoms with Crippen LogP contribution in [-0.4, -0.2) is 12.3 Å². The predicted octanol–water partition coefficient (Wildman–Crippen LogP) is 1.60. The number of carbonyl (C=O) groups is 2. The van der Waals surface area contributed by atoms with Gasteiger partial charge in [-0.2, -0.15) is 0 Å². The summed E-state index contributed by atoms with van der Waals surface area (Å²) in [5, 5.41) is 2.04. The van der Waals surface area contributed by atoms with E-state index < -0.39 is 0 Å². The number of hydrogen-bond acceptors (Lipinski definition) is 2. The third-order valence-electron chi connectivity index (χ3n) is 1.23. The molecule has 0 aliphatic rings. The molecule has 3 heteroatoms. The van der Waals surface area contributed by atoms with Crippen LogP contribution in [0.1, 0.15) is 24.2 Å². The molecule has 0 heterocycles. The Morgan fingerprint density at radius 1 is 1.23 bits per heavy atom. The van der Waals surface area contributed by atoms with Crippen molar-refractivity contribution >= 4 is 12.3 Å². The zero-order chi connectivity index (χ0) is 10.1. The van der Waals surface area contributed by atoms with Crippen LogP contribution in [0, 0.1) is 0 Å². The van der Waals surface area contributed by atoms with Crippen molar-refractivity contribution < 1.29 is 9.59 Å². The Bertz CT molecular complexity index is 257. The Balaban J connectivity index is 0.000000671. The van der Waals surface area contributed by atoms with Gasteiger partial charge in [0.05, 0.1) is 0 Å². The molecule has 0 fully saturated rings. The Morgan fingerprint density at radius 2 is 1.77 bits per heavy atom. The van der Waals surface area contributed by atoms with E-state index in [1.54, 1.807) is 30.3 Å². The Labute approximate surface area is 77.8 Å². The van der Waals surface area contributed by atoms with Gasteiger partial charge in [0, 0.05) is 5.56 Å². The van der Waals surface area contributed by atoms with Crippen molar-refractivity contribution in [3.8, 4) is 0 Å². The van der Waals surface area contributed by atoms with Crippen molar-refractivity contribution in [1.29, 1.82) is 0 Å². The lowest BCUT2D eigenvalue weighted by atomic mass is 10.2. The first-order valence-corrected chi connectivity index (χ1v) is 4.14. The van der Waals surface area contributed by atoms with Crippen LogP contribution in [-0.2, 0) is 4.79 Å². The van der Waals surface area contributed by atoms with Crippen molar-refractivity contribution in [3.63, 3.8) is 0 Å². The second kappa shape index (κ2) is 7.03. The maximum atomic E-state index is 10.9. The summed E-state index contributed by atoms with van der Waals surface area (Å²) in [6, 6.07) is 8.55. The van der Waals surface area contributed by atoms with Crippen molar-refractivity contribution in [1.82, 2.24) is 5.32 Å². The van der Waals surface area contributed by atoms with Crippen LogP contribution in [0.3, 0.4) is 0 Å². The van der Waals surface area contributed by atoms with Crippen LogP contribution in [0.15, 0.2) is 30.3 Å². The number of carbonyl (C=O) groups excluding carboxylic acids is 2. The van der Waals surface area contributed by atoms with E-state index in [1.807, 2.05) is 19.2 Å². The predicted molar refractivity (Wildman–Crippen MR) is 51.3 cm³/mol. The monoisotopic (exact) mass is 179 g/mol. The molecule has 3 nitrogen and oxygen atoms in total. The minimum Gasteiger partial charge on any atom is -0.295 e. The van der Waals surface area contributed by atoms with Crippen molar-refractivity contribution in [2.45, 2.75) is 13.8 Å². The van der Waals surface area contributed by atoms with Gasteiger partial charge < -0.3 is 0 Å². The highest BCUT2D eigenvalue weighted by Gasteiger charge is 2.00. The summed E-state index contributed by atoms with van der Waals surface area (Å²) in [4.78, 5) is 20.8. The summed E-state index contributed by atoms with van der Waals surface area (Å²) in [7, 11) is 0. The first-order valence-electron chi connectivity index (χ1n) is 4.14. The zero-order valence-corrected chi connectivity index (χ0v) is 7.78. The quantitative estimate of drug-likeness (QED) is 0.701. The molecule has 2 amide bonds. The van der Waals surface area contributed by atoms with Gasteiger partial charge in [-0.25, -0.2) is 0 Å². The number of rotatable bonds is 2. The van der Waals surface area contributed by atoms with Gasteiger partial charge in [0.15, 0.2) is 0 Å². The largest absolute Gasteiger partial charge is 0.295 e. The minimum atomic E-state index is -0.374. The van der Waals surface area contributed by atoms with Crippen LogP contribution >= 0.6 is 0 Å². The third kappa shape index (κ3) is 4.06. The molecule has 0 unspecified atom stereocenters. The van der Waals surface area contributed by atoms with Gasteiger partial charge in [-0.3, -0.25) is 14.9 Å². The van der Waals surface area contributed by atoms with E-state index in [2.05, 4.69) is 0 Å². The van der Waals surface area contributed by atoms with E-state index in [0.717, 1.165) is 0 Å². The molecule has 0 aliphatic heterocycles. The molecular formula is C10H13NO2. The van der Waals surface area contributed by atoms with Crippen molar-refractivity contribution in [3.05, 3.63) is 35.9 Å². The lowest BCUT2D eigenvalue weighted by molar-refractivity contribution is -0.108. The van der Waals surface area contributed by atoms with Gasteiger partial charge in [-0.1, -0.05) is 32.0 Å². The fourth-order valence-corrected chi connectivity index (χ4v) is 0.726. The summed E-state index contributed by atoms with van der Waals surface area (Å²) in [5.74, 6) is -0.374. The van der Waals surface area contributed by atoms with E-state index in [-0.39, 0.29) is 5.91 Å². The molecule has 1 aromatic carbocycles. The van der Waals surface area contributed by atoms with Gasteiger partial charge in [0.25, 0.3) is 5.91 Å². The van der Waals surface area contributed by atoms with Gasteiger partial charge in [-0.15, -0.1) is 0 Å². The number of benzene rings is 1. The minimum absolute atomic E-state index is 0.370. The lowest BCUT2D eigenvalue weighted by Gasteiger charge is -1.95. The average molecular weight is 179 g/mol. The SMILES string of the molecule is CC.O=CNC(=O)c1ccccc1. The molecule has 0 aliphatic carbocycles. The van der Waals surface area contributed by atoms with Gasteiger partial charge in [0.2, 0.25) is 6.41 Å². The van der Waals surface area contributed by atoms with Crippen LogP contribution in [0.5, 0.6) is 0 Å². The lowest BCUT2D eigenvalue weighted by Crippen LogP contribution is -2.20. The molecule has 0 spiro atoms. The van der Waals surface area contributed by atoms with Crippen LogP contribution in [0.25, 0.3) is 0 Å². The molecule has 0 saturated heterocycles. The van der Waals surface area contributed by atoms with E-state index in [1.165, 1.54) is 0 Å². The van der Waals surface area contributed by atoms with Crippen LogP contribution in [0.4, 0.5) is 0 Å². The Kier molecular flexibility index (Phi) is 6.15. The highest BCUT2D eigenvalue weighted by molar-refractivity contribution is 5.99. The Morgan fingerprint density at radius 3 is 2.23 bits per heavy atom. The first-order chi connectivity index (χ1) is 6.34. The van der Waals surface area contributed by atoms with E-state index in [0.29, 0.717) is 12.0 Å². The van der Waals surface area contributed by atoms with Gasteiger partial charge in [0.1, 0.15) is 0 Å². The molecule has 0 radical (unpaired) electrons. The first kappa shape index (κ1) is 11.4. The molecule has 0 bridgehead atoms. The molecule has 1 N–H and O–H groups in total. The summed E-state index contributed by atoms with van der Waals surface area (Å²) in [5.41, 5.74) is 0.486. The van der Waals surface area contributed by atoms with E-state index >= 15 is 0 Å². The zero-order valence-electron chi connectivity index (χ0n) is 7.78. The number of hydrogen-bond donors (Lipinski definition) is 1. The maximum absolute atomic E-state index is 10.9. The maximum Gasteiger partial charge on any atom is 0.257 e. The number of imide groups is 1. The topological polar surface area (TPSA) is 46.2 Å². The fourth-order valence-electron chi connectivity index (χ4n) is 0.726. The van der Waals surface area contributed by atoms with Gasteiger partial charge >= 0.3 is 0 Å². The normalized spacial score (nSPS) is 7.85. The molecule has 70 valence electrons. The molecule has 0 saturated carbocycles. The standard InChI is InChI=1S/C8H7NO2.C2H6/c10-6-9-8(11)7-4-2-1-3-5-7;1-2/h1-6H,(H,9,10,11);1-2H3. The molecule has 13 heavy (non-hydrogen) atoms. The Hall–Kier alpha value is -1.64. The molecule has 0 atom stereocenters. The average Bonchev–Trinajstić information content (AvgIpc) is 2.23. The molecular weight excluding hydrogens is 166 g/mol. The van der Waals surface area contributed by atoms with Gasteiger partial charge in [-0.05, 0) is 12.1 Å². The van der Waals surface area contributed by atoms with E-state index in [4.69, 9.17) is 0 Å². The summed E-state index contributed by atoms with van der Waals surface area (Å²) in [6.45, 7) is 4.00. The highest BCUT2D eigenvalue weighted by Crippen LogP contribution is 1.96. The smallest absolute Gasteiger partial charge is 0.257 e. The molecule has 1 aromatic rings. The fraction of sp³-hybridized carbons (Fsp3) is 0.200. The highest BCUT2D eigenvalue weighted by atomic mass is 16.2. The van der Waals surface area contributed by atoms with Crippen LogP contribution in [0.2, 0.25) is 0 Å². The second-order valence-electron chi connectivity index (χ2n) is 1.96. The van der Waals surface area contributed by atoms with Crippen molar-refractivity contribution in [2.75, 3.05) is 0 Å². The third-order valence-corrected chi connectivity index (χ3v) is 1.23. The summed E-state index contributed by atoms with van der Waals surface area (Å²) < 4.78 is 0. The van der Waals surface area contributed by atoms with Crippen LogP contribution < -0.4 is 5.32 Å². The molecule has 1 rings (SSSR count). The summed E-state index contributed by atoms with van der Waals surface area (Å²) in [6.07, 6.45) is 0.370.